The molecule has 0 fully saturated rings. The molecule has 0 spiro atoms. The van der Waals surface area contributed by atoms with Crippen LogP contribution in [0.2, 0.25) is 0 Å². The van der Waals surface area contributed by atoms with E-state index < -0.39 is 0 Å². The highest BCUT2D eigenvalue weighted by molar-refractivity contribution is 5.77. The van der Waals surface area contributed by atoms with E-state index >= 15 is 0 Å². The van der Waals surface area contributed by atoms with Crippen molar-refractivity contribution in [2.24, 2.45) is 0 Å². The Balaban J connectivity index is 2.28. The lowest BCUT2D eigenvalue weighted by Gasteiger charge is -1.96. The average Bonchev–Trinajstić information content (AvgIpc) is 2.53. The van der Waals surface area contributed by atoms with Crippen LogP contribution in [0.3, 0.4) is 0 Å². The Hall–Kier alpha value is -1.83. The molecule has 12 heavy (non-hydrogen) atoms. The van der Waals surface area contributed by atoms with Crippen molar-refractivity contribution < 1.29 is 9.21 Å². The van der Waals surface area contributed by atoms with Crippen molar-refractivity contribution in [3.8, 4) is 6.07 Å². The molecule has 1 N–H and O–H groups in total. The normalized spacial score (nSPS) is 8.92. The summed E-state index contributed by atoms with van der Waals surface area (Å²) < 4.78 is 4.68. The van der Waals surface area contributed by atoms with Gasteiger partial charge >= 0.3 is 0 Å². The van der Waals surface area contributed by atoms with Crippen LogP contribution in [0.25, 0.3) is 0 Å². The molecule has 0 aliphatic heterocycles. The Morgan fingerprint density at radius 3 is 3.25 bits per heavy atom. The lowest BCUT2D eigenvalue weighted by Crippen LogP contribution is -2.21. The topological polar surface area (TPSA) is 78.9 Å². The molecule has 0 aliphatic carbocycles. The fourth-order valence-corrected chi connectivity index (χ4v) is 0.648. The fourth-order valence-electron chi connectivity index (χ4n) is 0.648. The second-order valence-electron chi connectivity index (χ2n) is 2.09. The summed E-state index contributed by atoms with van der Waals surface area (Å²) in [6, 6.07) is 1.74. The van der Waals surface area contributed by atoms with Gasteiger partial charge in [0.05, 0.1) is 18.3 Å². The smallest absolute Gasteiger partial charge is 0.234 e. The molecule has 1 heterocycles. The molecule has 5 heteroatoms. The minimum atomic E-state index is -0.305. The van der Waals surface area contributed by atoms with Gasteiger partial charge in [-0.2, -0.15) is 5.26 Å². The van der Waals surface area contributed by atoms with Crippen LogP contribution in [0, 0.1) is 11.3 Å². The molecule has 62 valence electrons. The number of hydrogen-bond acceptors (Lipinski definition) is 4. The molecule has 0 unspecified atom stereocenters. The van der Waals surface area contributed by atoms with Gasteiger partial charge in [-0.3, -0.25) is 4.79 Å². The largest absolute Gasteiger partial charge is 0.451 e. The van der Waals surface area contributed by atoms with E-state index in [1.165, 1.54) is 12.7 Å². The summed E-state index contributed by atoms with van der Waals surface area (Å²) in [5.74, 6) is -0.305. The zero-order chi connectivity index (χ0) is 8.81. The molecule has 1 aromatic heterocycles. The van der Waals surface area contributed by atoms with E-state index in [2.05, 4.69) is 14.7 Å². The first-order chi connectivity index (χ1) is 5.83. The quantitative estimate of drug-likeness (QED) is 0.694. The fraction of sp³-hybridized carbons (Fsp3) is 0.286. The first-order valence-electron chi connectivity index (χ1n) is 3.33. The third-order valence-corrected chi connectivity index (χ3v) is 1.19. The molecule has 0 bridgehead atoms. The summed E-state index contributed by atoms with van der Waals surface area (Å²) in [5, 5.41) is 10.7. The molecule has 0 atom stereocenters. The summed E-state index contributed by atoms with van der Waals surface area (Å²) in [6.45, 7) is 0.303. The summed E-state index contributed by atoms with van der Waals surface area (Å²) in [6.07, 6.45) is 2.59. The number of amides is 1. The van der Waals surface area contributed by atoms with Crippen LogP contribution in [-0.2, 0) is 11.3 Å². The van der Waals surface area contributed by atoms with Crippen LogP contribution in [0.1, 0.15) is 12.1 Å². The van der Waals surface area contributed by atoms with Crippen molar-refractivity contribution in [3.63, 3.8) is 0 Å². The predicted octanol–water partition coefficient (Wildman–Crippen LogP) is 0.204. The molecular formula is C7H7N3O2. The molecule has 0 aromatic carbocycles. The molecule has 0 saturated carbocycles. The lowest BCUT2D eigenvalue weighted by atomic mass is 10.4. The van der Waals surface area contributed by atoms with Gasteiger partial charge in [0.1, 0.15) is 12.7 Å². The molecule has 0 saturated heterocycles. The van der Waals surface area contributed by atoms with Crippen LogP contribution in [0.4, 0.5) is 0 Å². The van der Waals surface area contributed by atoms with E-state index in [1.54, 1.807) is 6.07 Å². The van der Waals surface area contributed by atoms with Crippen LogP contribution in [-0.4, -0.2) is 10.9 Å². The van der Waals surface area contributed by atoms with Crippen molar-refractivity contribution in [1.82, 2.24) is 10.3 Å². The maximum atomic E-state index is 10.7. The maximum Gasteiger partial charge on any atom is 0.234 e. The Bertz CT molecular complexity index is 286. The molecule has 1 aromatic rings. The third kappa shape index (κ3) is 2.42. The summed E-state index contributed by atoms with van der Waals surface area (Å²) in [4.78, 5) is 14.5. The van der Waals surface area contributed by atoms with Gasteiger partial charge in [0, 0.05) is 0 Å². The second-order valence-corrected chi connectivity index (χ2v) is 2.09. The van der Waals surface area contributed by atoms with Crippen molar-refractivity contribution in [1.29, 1.82) is 5.26 Å². The highest BCUT2D eigenvalue weighted by Gasteiger charge is 2.00. The number of carbonyl (C=O) groups is 1. The maximum absolute atomic E-state index is 10.7. The number of nitriles is 1. The van der Waals surface area contributed by atoms with Crippen LogP contribution in [0.15, 0.2) is 17.1 Å². The average molecular weight is 165 g/mol. The standard InChI is InChI=1S/C7H7N3O2/c8-2-1-7(11)9-3-6-4-12-5-10-6/h4-5H,1,3H2,(H,9,11). The molecule has 0 radical (unpaired) electrons. The SMILES string of the molecule is N#CCC(=O)NCc1cocn1. The zero-order valence-electron chi connectivity index (χ0n) is 6.28. The number of nitrogens with zero attached hydrogens (tertiary/aromatic N) is 2. The minimum Gasteiger partial charge on any atom is -0.451 e. The molecule has 1 amide bonds. The summed E-state index contributed by atoms with van der Waals surface area (Å²) in [5.41, 5.74) is 0.640. The van der Waals surface area contributed by atoms with Crippen molar-refractivity contribution in [2.45, 2.75) is 13.0 Å². The second kappa shape index (κ2) is 4.13. The number of hydrogen-bond donors (Lipinski definition) is 1. The van der Waals surface area contributed by atoms with E-state index in [9.17, 15) is 4.79 Å². The van der Waals surface area contributed by atoms with Crippen LogP contribution in [0.5, 0.6) is 0 Å². The zero-order valence-corrected chi connectivity index (χ0v) is 6.28. The highest BCUT2D eigenvalue weighted by Crippen LogP contribution is 1.92. The van der Waals surface area contributed by atoms with Gasteiger partial charge in [0.15, 0.2) is 6.39 Å². The minimum absolute atomic E-state index is 0.127. The van der Waals surface area contributed by atoms with Gasteiger partial charge in [0.25, 0.3) is 0 Å². The third-order valence-electron chi connectivity index (χ3n) is 1.19. The Morgan fingerprint density at radius 2 is 2.67 bits per heavy atom. The van der Waals surface area contributed by atoms with Crippen molar-refractivity contribution in [3.05, 3.63) is 18.4 Å². The Kier molecular flexibility index (Phi) is 2.85. The summed E-state index contributed by atoms with van der Waals surface area (Å²) >= 11 is 0. The van der Waals surface area contributed by atoms with Crippen molar-refractivity contribution >= 4 is 5.91 Å². The molecule has 0 aliphatic rings. The van der Waals surface area contributed by atoms with E-state index in [1.807, 2.05) is 0 Å². The van der Waals surface area contributed by atoms with Crippen LogP contribution >= 0.6 is 0 Å². The van der Waals surface area contributed by atoms with Gasteiger partial charge in [-0.15, -0.1) is 0 Å². The highest BCUT2D eigenvalue weighted by atomic mass is 16.3. The van der Waals surface area contributed by atoms with Gasteiger partial charge in [-0.05, 0) is 0 Å². The van der Waals surface area contributed by atoms with E-state index in [-0.39, 0.29) is 12.3 Å². The van der Waals surface area contributed by atoms with Gasteiger partial charge < -0.3 is 9.73 Å². The molecular weight excluding hydrogens is 158 g/mol. The first kappa shape index (κ1) is 8.27. The van der Waals surface area contributed by atoms with E-state index in [0.717, 1.165) is 0 Å². The molecule has 5 nitrogen and oxygen atoms in total. The van der Waals surface area contributed by atoms with Gasteiger partial charge in [0.2, 0.25) is 5.91 Å². The van der Waals surface area contributed by atoms with Gasteiger partial charge in [-0.25, -0.2) is 4.98 Å². The summed E-state index contributed by atoms with van der Waals surface area (Å²) in [7, 11) is 0. The lowest BCUT2D eigenvalue weighted by molar-refractivity contribution is -0.120. The Morgan fingerprint density at radius 1 is 1.83 bits per heavy atom. The number of nitrogens with one attached hydrogen (secondary N) is 1. The van der Waals surface area contributed by atoms with Crippen molar-refractivity contribution in [2.75, 3.05) is 0 Å². The monoisotopic (exact) mass is 165 g/mol. The van der Waals surface area contributed by atoms with Gasteiger partial charge in [-0.1, -0.05) is 0 Å². The number of carbonyl (C=O) groups excluding carboxylic acids is 1. The number of oxazole rings is 1. The number of aromatic nitrogens is 1. The molecule has 1 rings (SSSR count). The number of rotatable bonds is 3. The van der Waals surface area contributed by atoms with E-state index in [4.69, 9.17) is 5.26 Å². The van der Waals surface area contributed by atoms with Crippen LogP contribution < -0.4 is 5.32 Å². The Labute approximate surface area is 69.0 Å². The first-order valence-corrected chi connectivity index (χ1v) is 3.33. The predicted molar refractivity (Wildman–Crippen MR) is 38.6 cm³/mol. The van der Waals surface area contributed by atoms with E-state index in [0.29, 0.717) is 12.2 Å².